The van der Waals surface area contributed by atoms with E-state index in [4.69, 9.17) is 0 Å². The number of hydrogen-bond donors (Lipinski definition) is 2. The lowest BCUT2D eigenvalue weighted by Gasteiger charge is -2.28. The van der Waals surface area contributed by atoms with Crippen LogP contribution in [0.2, 0.25) is 0 Å². The zero-order chi connectivity index (χ0) is 15.1. The lowest BCUT2D eigenvalue weighted by atomic mass is 9.97. The van der Waals surface area contributed by atoms with E-state index in [9.17, 15) is 5.11 Å². The van der Waals surface area contributed by atoms with Crippen molar-refractivity contribution in [3.63, 3.8) is 0 Å². The van der Waals surface area contributed by atoms with Gasteiger partial charge >= 0.3 is 0 Å². The molecule has 0 saturated carbocycles. The van der Waals surface area contributed by atoms with Gasteiger partial charge in [-0.05, 0) is 44.9 Å². The van der Waals surface area contributed by atoms with Crippen molar-refractivity contribution in [3.8, 4) is 0 Å². The summed E-state index contributed by atoms with van der Waals surface area (Å²) in [6, 6.07) is 5.90. The van der Waals surface area contributed by atoms with Crippen LogP contribution >= 0.6 is 11.8 Å². The summed E-state index contributed by atoms with van der Waals surface area (Å²) in [5.74, 6) is 0.971. The van der Waals surface area contributed by atoms with E-state index < -0.39 is 0 Å². The van der Waals surface area contributed by atoms with Crippen LogP contribution in [0.4, 0.5) is 0 Å². The summed E-state index contributed by atoms with van der Waals surface area (Å²) in [4.78, 5) is 0. The van der Waals surface area contributed by atoms with E-state index in [0.29, 0.717) is 0 Å². The highest BCUT2D eigenvalue weighted by molar-refractivity contribution is 7.99. The molecule has 2 heterocycles. The molecule has 2 aromatic rings. The van der Waals surface area contributed by atoms with Crippen LogP contribution in [0.5, 0.6) is 0 Å². The fraction of sp³-hybridized carbons (Fsp3) is 0.600. The van der Waals surface area contributed by atoms with Crippen molar-refractivity contribution in [2.45, 2.75) is 43.8 Å². The number of fused-ring (bicyclic) bond motifs is 1. The molecule has 0 aliphatic carbocycles. The van der Waals surface area contributed by atoms with Crippen LogP contribution in [0.25, 0.3) is 5.65 Å². The summed E-state index contributed by atoms with van der Waals surface area (Å²) in [5.41, 5.74) is 0.702. The summed E-state index contributed by atoms with van der Waals surface area (Å²) in [7, 11) is 0. The van der Waals surface area contributed by atoms with Crippen LogP contribution in [-0.4, -0.2) is 44.1 Å². The van der Waals surface area contributed by atoms with Crippen molar-refractivity contribution < 1.29 is 5.11 Å². The van der Waals surface area contributed by atoms with Gasteiger partial charge in [0.2, 0.25) is 0 Å². The molecular formula is C15H24N4OS. The third-order valence-corrected chi connectivity index (χ3v) is 4.57. The van der Waals surface area contributed by atoms with Gasteiger partial charge in [0.05, 0.1) is 6.61 Å². The van der Waals surface area contributed by atoms with Gasteiger partial charge in [-0.3, -0.25) is 4.40 Å². The average Bonchev–Trinajstić information content (AvgIpc) is 2.93. The molecule has 0 amide bonds. The minimum Gasteiger partial charge on any atom is -0.394 e. The van der Waals surface area contributed by atoms with Gasteiger partial charge in [0.15, 0.2) is 10.8 Å². The molecule has 0 aromatic carbocycles. The van der Waals surface area contributed by atoms with Gasteiger partial charge in [-0.25, -0.2) is 0 Å². The second-order valence-corrected chi connectivity index (χ2v) is 6.57. The summed E-state index contributed by atoms with van der Waals surface area (Å²) >= 11 is 1.71. The molecule has 0 fully saturated rings. The second kappa shape index (κ2) is 7.77. The van der Waals surface area contributed by atoms with Crippen LogP contribution < -0.4 is 5.32 Å². The summed E-state index contributed by atoms with van der Waals surface area (Å²) in [5, 5.41) is 22.2. The summed E-state index contributed by atoms with van der Waals surface area (Å²) in [6.07, 6.45) is 5.04. The van der Waals surface area contributed by atoms with Crippen molar-refractivity contribution in [1.82, 2.24) is 19.9 Å². The third kappa shape index (κ3) is 4.43. The molecule has 1 unspecified atom stereocenters. The van der Waals surface area contributed by atoms with Gasteiger partial charge < -0.3 is 10.4 Å². The van der Waals surface area contributed by atoms with E-state index in [0.717, 1.165) is 42.4 Å². The Bertz CT molecular complexity index is 559. The number of aliphatic hydroxyl groups excluding tert-OH is 1. The number of rotatable bonds is 9. The Hall–Kier alpha value is -1.11. The summed E-state index contributed by atoms with van der Waals surface area (Å²) < 4.78 is 2.01. The molecule has 0 aliphatic rings. The van der Waals surface area contributed by atoms with Crippen molar-refractivity contribution in [2.24, 2.45) is 0 Å². The molecule has 0 bridgehead atoms. The van der Waals surface area contributed by atoms with Crippen LogP contribution in [0, 0.1) is 0 Å². The molecule has 21 heavy (non-hydrogen) atoms. The Morgan fingerprint density at radius 2 is 2.24 bits per heavy atom. The van der Waals surface area contributed by atoms with Gasteiger partial charge in [0.25, 0.3) is 0 Å². The number of pyridine rings is 1. The largest absolute Gasteiger partial charge is 0.394 e. The SMILES string of the molecule is CCCNC(C)(CO)CCCSc1nnc2ccccn12. The predicted molar refractivity (Wildman–Crippen MR) is 86.7 cm³/mol. The first-order chi connectivity index (χ1) is 10.2. The zero-order valence-corrected chi connectivity index (χ0v) is 13.6. The maximum Gasteiger partial charge on any atom is 0.195 e. The quantitative estimate of drug-likeness (QED) is 0.550. The molecule has 0 spiro atoms. The number of hydrogen-bond acceptors (Lipinski definition) is 5. The molecule has 2 N–H and O–H groups in total. The first-order valence-corrected chi connectivity index (χ1v) is 8.45. The fourth-order valence-electron chi connectivity index (χ4n) is 2.19. The molecule has 1 atom stereocenters. The first kappa shape index (κ1) is 16.3. The van der Waals surface area contributed by atoms with E-state index >= 15 is 0 Å². The standard InChI is InChI=1S/C15H24N4OS/c1-3-9-16-15(2,12-20)8-6-11-21-14-18-17-13-7-4-5-10-19(13)14/h4-5,7,10,16,20H,3,6,8-9,11-12H2,1-2H3. The lowest BCUT2D eigenvalue weighted by molar-refractivity contribution is 0.165. The minimum absolute atomic E-state index is 0.172. The van der Waals surface area contributed by atoms with E-state index in [1.165, 1.54) is 0 Å². The molecule has 0 radical (unpaired) electrons. The number of thioether (sulfide) groups is 1. The highest BCUT2D eigenvalue weighted by atomic mass is 32.2. The Balaban J connectivity index is 1.81. The minimum atomic E-state index is -0.177. The van der Waals surface area contributed by atoms with Crippen molar-refractivity contribution in [3.05, 3.63) is 24.4 Å². The van der Waals surface area contributed by atoms with E-state index in [1.54, 1.807) is 11.8 Å². The van der Waals surface area contributed by atoms with Crippen molar-refractivity contribution >= 4 is 17.4 Å². The van der Waals surface area contributed by atoms with Gasteiger partial charge in [-0.1, -0.05) is 24.8 Å². The van der Waals surface area contributed by atoms with Crippen molar-refractivity contribution in [1.29, 1.82) is 0 Å². The highest BCUT2D eigenvalue weighted by Gasteiger charge is 2.21. The number of aliphatic hydroxyl groups is 1. The Kier molecular flexibility index (Phi) is 6.02. The molecular weight excluding hydrogens is 284 g/mol. The third-order valence-electron chi connectivity index (χ3n) is 3.54. The normalized spacial score (nSPS) is 14.4. The number of aromatic nitrogens is 3. The Morgan fingerprint density at radius 3 is 3.00 bits per heavy atom. The van der Waals surface area contributed by atoms with Gasteiger partial charge in [0, 0.05) is 17.5 Å². The first-order valence-electron chi connectivity index (χ1n) is 7.47. The van der Waals surface area contributed by atoms with Crippen molar-refractivity contribution in [2.75, 3.05) is 18.9 Å². The highest BCUT2D eigenvalue weighted by Crippen LogP contribution is 2.20. The molecule has 6 heteroatoms. The second-order valence-electron chi connectivity index (χ2n) is 5.51. The van der Waals surface area contributed by atoms with Crippen LogP contribution in [0.3, 0.4) is 0 Å². The average molecular weight is 308 g/mol. The van der Waals surface area contributed by atoms with E-state index in [1.807, 2.05) is 28.8 Å². The van der Waals surface area contributed by atoms with Crippen LogP contribution in [0.1, 0.15) is 33.1 Å². The van der Waals surface area contributed by atoms with Gasteiger partial charge in [-0.2, -0.15) is 0 Å². The molecule has 0 saturated heterocycles. The molecule has 2 aromatic heterocycles. The Labute approximate surface area is 130 Å². The topological polar surface area (TPSA) is 62.5 Å². The van der Waals surface area contributed by atoms with Gasteiger partial charge in [-0.15, -0.1) is 10.2 Å². The van der Waals surface area contributed by atoms with Crippen LogP contribution in [-0.2, 0) is 0 Å². The van der Waals surface area contributed by atoms with Gasteiger partial charge in [0.1, 0.15) is 0 Å². The number of nitrogens with zero attached hydrogens (tertiary/aromatic N) is 3. The van der Waals surface area contributed by atoms with Crippen LogP contribution in [0.15, 0.2) is 29.6 Å². The van der Waals surface area contributed by atoms with E-state index in [2.05, 4.69) is 29.4 Å². The van der Waals surface area contributed by atoms with E-state index in [-0.39, 0.29) is 12.1 Å². The molecule has 0 aliphatic heterocycles. The lowest BCUT2D eigenvalue weighted by Crippen LogP contribution is -2.46. The fourth-order valence-corrected chi connectivity index (χ4v) is 3.06. The molecule has 5 nitrogen and oxygen atoms in total. The number of nitrogens with one attached hydrogen (secondary N) is 1. The predicted octanol–water partition coefficient (Wildman–Crippen LogP) is 2.35. The monoisotopic (exact) mass is 308 g/mol. The summed E-state index contributed by atoms with van der Waals surface area (Å²) in [6.45, 7) is 5.33. The molecule has 116 valence electrons. The zero-order valence-electron chi connectivity index (χ0n) is 12.7. The Morgan fingerprint density at radius 1 is 1.38 bits per heavy atom. The maximum atomic E-state index is 9.54. The maximum absolute atomic E-state index is 9.54. The smallest absolute Gasteiger partial charge is 0.195 e. The molecule has 2 rings (SSSR count).